The van der Waals surface area contributed by atoms with Gasteiger partial charge in [-0.3, -0.25) is 4.79 Å². The van der Waals surface area contributed by atoms with E-state index in [2.05, 4.69) is 14.8 Å². The molecule has 0 bridgehead atoms. The Labute approximate surface area is 95.8 Å². The van der Waals surface area contributed by atoms with E-state index in [1.807, 2.05) is 0 Å². The van der Waals surface area contributed by atoms with Gasteiger partial charge in [0.25, 0.3) is 0 Å². The maximum Gasteiger partial charge on any atom is 0.322 e. The van der Waals surface area contributed by atoms with E-state index in [1.165, 1.54) is 7.11 Å². The number of carbonyl (C=O) groups excluding carboxylic acids is 1. The molecule has 0 aromatic heterocycles. The first kappa shape index (κ1) is 13.4. The lowest BCUT2D eigenvalue weighted by Gasteiger charge is -2.09. The predicted molar refractivity (Wildman–Crippen MR) is 59.4 cm³/mol. The Morgan fingerprint density at radius 1 is 1.56 bits per heavy atom. The third-order valence-electron chi connectivity index (χ3n) is 2.57. The van der Waals surface area contributed by atoms with Crippen molar-refractivity contribution in [2.75, 3.05) is 32.5 Å². The van der Waals surface area contributed by atoms with Gasteiger partial charge in [-0.1, -0.05) is 0 Å². The van der Waals surface area contributed by atoms with Gasteiger partial charge in [-0.15, -0.1) is 0 Å². The van der Waals surface area contributed by atoms with Gasteiger partial charge < -0.3 is 10.1 Å². The zero-order valence-electron chi connectivity index (χ0n) is 9.36. The van der Waals surface area contributed by atoms with Crippen LogP contribution in [0.15, 0.2) is 0 Å². The van der Waals surface area contributed by atoms with Crippen LogP contribution in [0.25, 0.3) is 0 Å². The van der Waals surface area contributed by atoms with E-state index in [0.717, 1.165) is 25.9 Å². The van der Waals surface area contributed by atoms with Crippen molar-refractivity contribution in [3.05, 3.63) is 0 Å². The molecule has 16 heavy (non-hydrogen) atoms. The molecule has 1 fully saturated rings. The number of ether oxygens (including phenoxy) is 1. The lowest BCUT2D eigenvalue weighted by Crippen LogP contribution is -2.32. The first-order valence-electron chi connectivity index (χ1n) is 5.28. The van der Waals surface area contributed by atoms with Gasteiger partial charge in [0.2, 0.25) is 10.0 Å². The third-order valence-corrected chi connectivity index (χ3v) is 3.83. The number of hydrogen-bond acceptors (Lipinski definition) is 5. The molecule has 0 amide bonds. The molecule has 1 heterocycles. The molecule has 0 saturated carbocycles. The fourth-order valence-electron chi connectivity index (χ4n) is 1.64. The van der Waals surface area contributed by atoms with Crippen molar-refractivity contribution in [3.8, 4) is 0 Å². The minimum absolute atomic E-state index is 0.381. The summed E-state index contributed by atoms with van der Waals surface area (Å²) in [6.07, 6.45) is 1.88. The molecule has 0 aromatic rings. The quantitative estimate of drug-likeness (QED) is 0.595. The van der Waals surface area contributed by atoms with Gasteiger partial charge >= 0.3 is 5.97 Å². The fraction of sp³-hybridized carbons (Fsp3) is 0.889. The highest BCUT2D eigenvalue weighted by atomic mass is 32.2. The lowest BCUT2D eigenvalue weighted by molar-refractivity contribution is -0.137. The van der Waals surface area contributed by atoms with Crippen LogP contribution in [-0.2, 0) is 19.6 Å². The standard InChI is InChI=1S/C9H18N2O4S/c1-15-9(12)7-16(13,14)11-5-3-8-2-4-10-6-8/h8,10-11H,2-7H2,1H3. The average Bonchev–Trinajstić information content (AvgIpc) is 2.69. The number of hydrogen-bond donors (Lipinski definition) is 2. The minimum atomic E-state index is -3.53. The average molecular weight is 250 g/mol. The maximum absolute atomic E-state index is 11.3. The molecule has 2 N–H and O–H groups in total. The topological polar surface area (TPSA) is 84.5 Å². The van der Waals surface area contributed by atoms with Crippen molar-refractivity contribution < 1.29 is 17.9 Å². The first-order valence-corrected chi connectivity index (χ1v) is 6.93. The predicted octanol–water partition coefficient (Wildman–Crippen LogP) is -0.922. The van der Waals surface area contributed by atoms with Crippen molar-refractivity contribution in [1.82, 2.24) is 10.0 Å². The van der Waals surface area contributed by atoms with E-state index in [9.17, 15) is 13.2 Å². The number of nitrogens with one attached hydrogen (secondary N) is 2. The van der Waals surface area contributed by atoms with Crippen LogP contribution in [0.2, 0.25) is 0 Å². The highest BCUT2D eigenvalue weighted by Crippen LogP contribution is 2.10. The van der Waals surface area contributed by atoms with Crippen molar-refractivity contribution in [2.24, 2.45) is 5.92 Å². The molecule has 7 heteroatoms. The number of rotatable bonds is 6. The summed E-state index contributed by atoms with van der Waals surface area (Å²) in [5.74, 6) is -0.817. The Balaban J connectivity index is 2.22. The Morgan fingerprint density at radius 2 is 2.31 bits per heavy atom. The molecule has 1 unspecified atom stereocenters. The molecule has 0 spiro atoms. The molecule has 1 aliphatic heterocycles. The number of sulfonamides is 1. The molecule has 1 saturated heterocycles. The zero-order valence-corrected chi connectivity index (χ0v) is 10.2. The van der Waals surface area contributed by atoms with Gasteiger partial charge in [0.1, 0.15) is 0 Å². The van der Waals surface area contributed by atoms with E-state index in [1.54, 1.807) is 0 Å². The highest BCUT2D eigenvalue weighted by Gasteiger charge is 2.18. The number of esters is 1. The van der Waals surface area contributed by atoms with Crippen molar-refractivity contribution in [1.29, 1.82) is 0 Å². The molecule has 0 aromatic carbocycles. The van der Waals surface area contributed by atoms with E-state index >= 15 is 0 Å². The van der Waals surface area contributed by atoms with E-state index in [0.29, 0.717) is 12.5 Å². The second-order valence-corrected chi connectivity index (χ2v) is 5.68. The van der Waals surface area contributed by atoms with Crippen molar-refractivity contribution in [2.45, 2.75) is 12.8 Å². The van der Waals surface area contributed by atoms with Gasteiger partial charge in [0.15, 0.2) is 5.75 Å². The molecule has 0 aliphatic carbocycles. The summed E-state index contributed by atoms with van der Waals surface area (Å²) in [7, 11) is -2.36. The van der Waals surface area contributed by atoms with Crippen molar-refractivity contribution >= 4 is 16.0 Å². The van der Waals surface area contributed by atoms with Crippen LogP contribution in [-0.4, -0.2) is 46.9 Å². The fourth-order valence-corrected chi connectivity index (χ4v) is 2.60. The molecule has 1 atom stereocenters. The van der Waals surface area contributed by atoms with Crippen LogP contribution in [0.3, 0.4) is 0 Å². The molecule has 0 radical (unpaired) electrons. The highest BCUT2D eigenvalue weighted by molar-refractivity contribution is 7.90. The second-order valence-electron chi connectivity index (χ2n) is 3.88. The Bertz CT molecular complexity index is 322. The first-order chi connectivity index (χ1) is 7.53. The summed E-state index contributed by atoms with van der Waals surface area (Å²) in [6.45, 7) is 2.32. The summed E-state index contributed by atoms with van der Waals surface area (Å²) in [5.41, 5.74) is 0. The number of methoxy groups -OCH3 is 1. The molecule has 94 valence electrons. The smallest absolute Gasteiger partial charge is 0.322 e. The van der Waals surface area contributed by atoms with Gasteiger partial charge in [-0.05, 0) is 31.8 Å². The Morgan fingerprint density at radius 3 is 2.88 bits per heavy atom. The van der Waals surface area contributed by atoms with Crippen LogP contribution >= 0.6 is 0 Å². The zero-order chi connectivity index (χ0) is 12.0. The molecule has 6 nitrogen and oxygen atoms in total. The Kier molecular flexibility index (Phi) is 5.17. The van der Waals surface area contributed by atoms with Gasteiger partial charge in [0.05, 0.1) is 7.11 Å². The largest absolute Gasteiger partial charge is 0.468 e. The molecular formula is C9H18N2O4S. The minimum Gasteiger partial charge on any atom is -0.468 e. The molecule has 1 rings (SSSR count). The van der Waals surface area contributed by atoms with E-state index in [4.69, 9.17) is 0 Å². The summed E-state index contributed by atoms with van der Waals surface area (Å²) >= 11 is 0. The maximum atomic E-state index is 11.3. The van der Waals surface area contributed by atoms with E-state index in [-0.39, 0.29) is 0 Å². The van der Waals surface area contributed by atoms with Gasteiger partial charge in [-0.2, -0.15) is 0 Å². The molecular weight excluding hydrogens is 232 g/mol. The lowest BCUT2D eigenvalue weighted by atomic mass is 10.1. The van der Waals surface area contributed by atoms with Crippen LogP contribution in [0.4, 0.5) is 0 Å². The monoisotopic (exact) mass is 250 g/mol. The van der Waals surface area contributed by atoms with E-state index < -0.39 is 21.7 Å². The second kappa shape index (κ2) is 6.17. The summed E-state index contributed by atoms with van der Waals surface area (Å²) in [4.78, 5) is 10.8. The van der Waals surface area contributed by atoms with Gasteiger partial charge in [-0.25, -0.2) is 13.1 Å². The third kappa shape index (κ3) is 4.91. The van der Waals surface area contributed by atoms with Crippen molar-refractivity contribution in [3.63, 3.8) is 0 Å². The van der Waals surface area contributed by atoms with Crippen LogP contribution < -0.4 is 10.0 Å². The number of carbonyl (C=O) groups is 1. The SMILES string of the molecule is COC(=O)CS(=O)(=O)NCCC1CCNC1. The van der Waals surface area contributed by atoms with Crippen LogP contribution in [0, 0.1) is 5.92 Å². The van der Waals surface area contributed by atoms with Gasteiger partial charge in [0, 0.05) is 6.54 Å². The summed E-state index contributed by atoms with van der Waals surface area (Å²) in [5, 5.41) is 3.21. The summed E-state index contributed by atoms with van der Waals surface area (Å²) < 4.78 is 29.4. The molecule has 1 aliphatic rings. The summed E-state index contributed by atoms with van der Waals surface area (Å²) in [6, 6.07) is 0. The van der Waals surface area contributed by atoms with Crippen LogP contribution in [0.1, 0.15) is 12.8 Å². The normalized spacial score (nSPS) is 20.9. The Hall–Kier alpha value is -0.660. The van der Waals surface area contributed by atoms with Crippen LogP contribution in [0.5, 0.6) is 0 Å².